The van der Waals surface area contributed by atoms with E-state index in [4.69, 9.17) is 4.42 Å². The van der Waals surface area contributed by atoms with E-state index < -0.39 is 0 Å². The Morgan fingerprint density at radius 1 is 1.17 bits per heavy atom. The van der Waals surface area contributed by atoms with Crippen LogP contribution in [-0.2, 0) is 19.4 Å². The van der Waals surface area contributed by atoms with Crippen LogP contribution in [0.4, 0.5) is 0 Å². The van der Waals surface area contributed by atoms with E-state index >= 15 is 0 Å². The first-order chi connectivity index (χ1) is 14.1. The van der Waals surface area contributed by atoms with Crippen LogP contribution in [0.1, 0.15) is 35.6 Å². The molecule has 0 saturated heterocycles. The maximum atomic E-state index is 13.1. The van der Waals surface area contributed by atoms with Gasteiger partial charge in [-0.1, -0.05) is 22.0 Å². The Balaban J connectivity index is 1.52. The third kappa shape index (κ3) is 3.40. The van der Waals surface area contributed by atoms with Crippen molar-refractivity contribution in [2.24, 2.45) is 0 Å². The zero-order valence-electron chi connectivity index (χ0n) is 16.0. The van der Waals surface area contributed by atoms with E-state index in [2.05, 4.69) is 30.9 Å². The lowest BCUT2D eigenvalue weighted by Crippen LogP contribution is -2.23. The molecule has 0 aliphatic heterocycles. The van der Waals surface area contributed by atoms with E-state index in [1.54, 1.807) is 10.9 Å². The van der Waals surface area contributed by atoms with Gasteiger partial charge in [0.05, 0.1) is 11.9 Å². The fraction of sp³-hybridized carbons (Fsp3) is 0.273. The lowest BCUT2D eigenvalue weighted by Gasteiger charge is -2.15. The highest BCUT2D eigenvalue weighted by Gasteiger charge is 2.17. The summed E-state index contributed by atoms with van der Waals surface area (Å²) in [5, 5.41) is 0.571. The molecule has 146 valence electrons. The highest BCUT2D eigenvalue weighted by molar-refractivity contribution is 9.10. The molecule has 3 aromatic heterocycles. The summed E-state index contributed by atoms with van der Waals surface area (Å²) in [6.07, 6.45) is 5.79. The smallest absolute Gasteiger partial charge is 0.263 e. The van der Waals surface area contributed by atoms with Crippen molar-refractivity contribution >= 4 is 27.0 Å². The van der Waals surface area contributed by atoms with Crippen molar-refractivity contribution in [3.05, 3.63) is 74.2 Å². The highest BCUT2D eigenvalue weighted by Crippen LogP contribution is 2.25. The van der Waals surface area contributed by atoms with Gasteiger partial charge in [-0.25, -0.2) is 15.0 Å². The summed E-state index contributed by atoms with van der Waals surface area (Å²) in [5.41, 5.74) is 4.29. The molecule has 5 rings (SSSR count). The summed E-state index contributed by atoms with van der Waals surface area (Å²) in [4.78, 5) is 26.8. The number of rotatable bonds is 3. The first-order valence-electron chi connectivity index (χ1n) is 9.68. The molecule has 0 bridgehead atoms. The van der Waals surface area contributed by atoms with Crippen LogP contribution in [0.2, 0.25) is 0 Å². The van der Waals surface area contributed by atoms with Crippen LogP contribution in [0.15, 0.2) is 50.3 Å². The molecule has 3 heterocycles. The second-order valence-electron chi connectivity index (χ2n) is 7.38. The predicted octanol–water partition coefficient (Wildman–Crippen LogP) is 4.44. The zero-order valence-corrected chi connectivity index (χ0v) is 17.6. The number of aromatic nitrogens is 4. The van der Waals surface area contributed by atoms with Gasteiger partial charge in [-0.3, -0.25) is 9.36 Å². The maximum Gasteiger partial charge on any atom is 0.263 e. The molecule has 6 nitrogen and oxygen atoms in total. The molecule has 0 spiro atoms. The maximum absolute atomic E-state index is 13.1. The zero-order chi connectivity index (χ0) is 20.0. The lowest BCUT2D eigenvalue weighted by molar-refractivity contribution is 0.537. The van der Waals surface area contributed by atoms with Crippen LogP contribution in [0.5, 0.6) is 0 Å². The molecule has 0 radical (unpaired) electrons. The molecule has 1 aliphatic rings. The number of pyridine rings is 1. The monoisotopic (exact) mass is 450 g/mol. The van der Waals surface area contributed by atoms with Crippen LogP contribution in [0.25, 0.3) is 22.5 Å². The number of oxazole rings is 1. The number of hydrogen-bond acceptors (Lipinski definition) is 5. The van der Waals surface area contributed by atoms with Crippen LogP contribution < -0.4 is 5.56 Å². The Labute approximate surface area is 175 Å². The van der Waals surface area contributed by atoms with E-state index in [1.165, 1.54) is 5.56 Å². The van der Waals surface area contributed by atoms with Crippen LogP contribution in [0, 0.1) is 6.92 Å². The summed E-state index contributed by atoms with van der Waals surface area (Å²) in [6.45, 7) is 2.17. The lowest BCUT2D eigenvalue weighted by atomic mass is 9.95. The van der Waals surface area contributed by atoms with Crippen molar-refractivity contribution in [2.75, 3.05) is 0 Å². The number of nitrogens with zero attached hydrogens (tertiary/aromatic N) is 4. The van der Waals surface area contributed by atoms with E-state index in [9.17, 15) is 4.79 Å². The van der Waals surface area contributed by atoms with Gasteiger partial charge in [-0.05, 0) is 62.4 Å². The molecular weight excluding hydrogens is 432 g/mol. The van der Waals surface area contributed by atoms with Crippen molar-refractivity contribution < 1.29 is 4.42 Å². The quantitative estimate of drug-likeness (QED) is 0.460. The number of halogens is 1. The third-order valence-corrected chi connectivity index (χ3v) is 5.87. The minimum atomic E-state index is -0.0951. The first kappa shape index (κ1) is 18.2. The largest absolute Gasteiger partial charge is 0.441 e. The molecule has 29 heavy (non-hydrogen) atoms. The van der Waals surface area contributed by atoms with E-state index in [1.807, 2.05) is 37.3 Å². The topological polar surface area (TPSA) is 73.8 Å². The van der Waals surface area contributed by atoms with Gasteiger partial charge < -0.3 is 4.42 Å². The summed E-state index contributed by atoms with van der Waals surface area (Å²) >= 11 is 3.47. The minimum Gasteiger partial charge on any atom is -0.441 e. The normalized spacial score (nSPS) is 13.6. The van der Waals surface area contributed by atoms with Gasteiger partial charge in [0.2, 0.25) is 5.89 Å². The number of benzene rings is 1. The second-order valence-corrected chi connectivity index (χ2v) is 8.30. The number of aryl methyl sites for hydroxylation is 3. The van der Waals surface area contributed by atoms with Gasteiger partial charge in [-0.15, -0.1) is 0 Å². The summed E-state index contributed by atoms with van der Waals surface area (Å²) in [5.74, 6) is 1.23. The molecule has 0 atom stereocenters. The Kier molecular flexibility index (Phi) is 4.54. The molecule has 0 fully saturated rings. The number of hydrogen-bond donors (Lipinski definition) is 0. The van der Waals surface area contributed by atoms with Crippen LogP contribution in [-0.4, -0.2) is 19.5 Å². The number of fused-ring (bicyclic) bond motifs is 2. The average Bonchev–Trinajstić information content (AvgIpc) is 3.09. The minimum absolute atomic E-state index is 0.0951. The van der Waals surface area contributed by atoms with Gasteiger partial charge in [-0.2, -0.15) is 0 Å². The fourth-order valence-corrected chi connectivity index (χ4v) is 4.20. The van der Waals surface area contributed by atoms with Gasteiger partial charge in [0.1, 0.15) is 17.8 Å². The van der Waals surface area contributed by atoms with Gasteiger partial charge in [0.15, 0.2) is 5.65 Å². The Hall–Kier alpha value is -2.80. The van der Waals surface area contributed by atoms with Gasteiger partial charge >= 0.3 is 0 Å². The fourth-order valence-electron chi connectivity index (χ4n) is 3.80. The SMILES string of the molecule is Cc1oc(-c2cccc(Br)c2)nc1Cn1cnc2nc3c(cc2c1=O)CCCC3. The third-order valence-electron chi connectivity index (χ3n) is 5.38. The molecular formula is C22H19BrN4O2. The van der Waals surface area contributed by atoms with Crippen LogP contribution >= 0.6 is 15.9 Å². The van der Waals surface area contributed by atoms with Crippen LogP contribution in [0.3, 0.4) is 0 Å². The van der Waals surface area contributed by atoms with Crippen molar-refractivity contribution in [3.63, 3.8) is 0 Å². The van der Waals surface area contributed by atoms with Crippen molar-refractivity contribution in [1.82, 2.24) is 19.5 Å². The Morgan fingerprint density at radius 3 is 2.90 bits per heavy atom. The van der Waals surface area contributed by atoms with Gasteiger partial charge in [0.25, 0.3) is 5.56 Å². The predicted molar refractivity (Wildman–Crippen MR) is 114 cm³/mol. The molecule has 7 heteroatoms. The molecule has 0 unspecified atom stereocenters. The van der Waals surface area contributed by atoms with E-state index in [0.29, 0.717) is 34.9 Å². The van der Waals surface area contributed by atoms with Crippen molar-refractivity contribution in [3.8, 4) is 11.5 Å². The standard InChI is InChI=1S/C22H19BrN4O2/c1-13-19(26-21(29-13)15-6-4-7-16(23)9-15)11-27-12-24-20-17(22(27)28)10-14-5-2-3-8-18(14)25-20/h4,6-7,9-10,12H,2-3,5,8,11H2,1H3. The average molecular weight is 451 g/mol. The van der Waals surface area contributed by atoms with E-state index in [0.717, 1.165) is 41.4 Å². The van der Waals surface area contributed by atoms with Crippen molar-refractivity contribution in [2.45, 2.75) is 39.2 Å². The van der Waals surface area contributed by atoms with E-state index in [-0.39, 0.29) is 5.56 Å². The summed E-state index contributed by atoms with van der Waals surface area (Å²) < 4.78 is 8.38. The molecule has 1 aromatic carbocycles. The highest BCUT2D eigenvalue weighted by atomic mass is 79.9. The second kappa shape index (κ2) is 7.22. The van der Waals surface area contributed by atoms with Crippen molar-refractivity contribution in [1.29, 1.82) is 0 Å². The molecule has 0 N–H and O–H groups in total. The molecule has 0 amide bonds. The Bertz CT molecular complexity index is 1290. The molecule has 1 aliphatic carbocycles. The summed E-state index contributed by atoms with van der Waals surface area (Å²) in [6, 6.07) is 9.76. The summed E-state index contributed by atoms with van der Waals surface area (Å²) in [7, 11) is 0. The molecule has 0 saturated carbocycles. The first-order valence-corrected chi connectivity index (χ1v) is 10.5. The Morgan fingerprint density at radius 2 is 2.03 bits per heavy atom. The molecule has 4 aromatic rings. The van der Waals surface area contributed by atoms with Gasteiger partial charge in [0, 0.05) is 15.7 Å².